The van der Waals surface area contributed by atoms with Crippen molar-refractivity contribution in [2.45, 2.75) is 32.2 Å². The van der Waals surface area contributed by atoms with Crippen LogP contribution in [-0.2, 0) is 12.7 Å². The molecule has 0 spiro atoms. The maximum atomic E-state index is 13.0. The van der Waals surface area contributed by atoms with Crippen molar-refractivity contribution in [2.75, 3.05) is 17.7 Å². The molecule has 27 heavy (non-hydrogen) atoms. The summed E-state index contributed by atoms with van der Waals surface area (Å²) >= 11 is 0. The van der Waals surface area contributed by atoms with E-state index < -0.39 is 17.3 Å². The minimum absolute atomic E-state index is 0.0232. The number of alkyl halides is 3. The van der Waals surface area contributed by atoms with Gasteiger partial charge in [0.2, 0.25) is 5.95 Å². The second-order valence-corrected chi connectivity index (χ2v) is 6.68. The smallest absolute Gasteiger partial charge is 0.389 e. The normalized spacial score (nSPS) is 12.4. The van der Waals surface area contributed by atoms with E-state index in [0.717, 1.165) is 17.1 Å². The summed E-state index contributed by atoms with van der Waals surface area (Å²) in [6.45, 7) is 3.65. The van der Waals surface area contributed by atoms with E-state index in [4.69, 9.17) is 0 Å². The number of rotatable bonds is 5. The lowest BCUT2D eigenvalue weighted by atomic mass is 10.1. The van der Waals surface area contributed by atoms with Gasteiger partial charge in [0.1, 0.15) is 11.4 Å². The molecule has 0 amide bonds. The van der Waals surface area contributed by atoms with Gasteiger partial charge in [0, 0.05) is 18.6 Å². The molecule has 0 fully saturated rings. The molecule has 0 saturated carbocycles. The van der Waals surface area contributed by atoms with Crippen LogP contribution in [0.1, 0.15) is 19.4 Å². The number of nitrogens with zero attached hydrogens (tertiary/aromatic N) is 4. The molecule has 2 aromatic heterocycles. The van der Waals surface area contributed by atoms with Crippen LogP contribution in [-0.4, -0.2) is 37.5 Å². The molecule has 0 bridgehead atoms. The number of anilines is 3. The summed E-state index contributed by atoms with van der Waals surface area (Å²) in [6.07, 6.45) is -2.19. The fraction of sp³-hybridized carbons (Fsp3) is 0.353. The summed E-state index contributed by atoms with van der Waals surface area (Å²) in [5, 5.41) is 20.4. The predicted octanol–water partition coefficient (Wildman–Crippen LogP) is 3.40. The average molecular weight is 380 g/mol. The first-order valence-electron chi connectivity index (χ1n) is 8.14. The molecule has 7 nitrogen and oxygen atoms in total. The van der Waals surface area contributed by atoms with Crippen molar-refractivity contribution >= 4 is 28.4 Å². The Morgan fingerprint density at radius 3 is 2.56 bits per heavy atom. The quantitative estimate of drug-likeness (QED) is 0.629. The summed E-state index contributed by atoms with van der Waals surface area (Å²) < 4.78 is 40.6. The Morgan fingerprint density at radius 1 is 1.19 bits per heavy atom. The number of hydrogen-bond acceptors (Lipinski definition) is 6. The van der Waals surface area contributed by atoms with E-state index in [0.29, 0.717) is 12.2 Å². The topological polar surface area (TPSA) is 87.9 Å². The van der Waals surface area contributed by atoms with Crippen molar-refractivity contribution in [3.63, 3.8) is 0 Å². The summed E-state index contributed by atoms with van der Waals surface area (Å²) in [5.41, 5.74) is -0.522. The first kappa shape index (κ1) is 18.9. The molecular formula is C17H19F3N6O. The van der Waals surface area contributed by atoms with E-state index in [-0.39, 0.29) is 11.8 Å². The number of hydrogen-bond donors (Lipinski definition) is 3. The SMILES string of the molecule is CNc1nc(Nc2cccc3c2cnn3CC(C)(C)O)ncc1C(F)(F)F. The van der Waals surface area contributed by atoms with E-state index in [1.54, 1.807) is 36.9 Å². The largest absolute Gasteiger partial charge is 0.421 e. The van der Waals surface area contributed by atoms with Crippen LogP contribution in [0.3, 0.4) is 0 Å². The molecule has 3 rings (SSSR count). The third-order valence-corrected chi connectivity index (χ3v) is 3.80. The van der Waals surface area contributed by atoms with Gasteiger partial charge in [-0.2, -0.15) is 23.3 Å². The van der Waals surface area contributed by atoms with Gasteiger partial charge in [-0.3, -0.25) is 4.68 Å². The first-order chi connectivity index (χ1) is 12.6. The molecule has 144 valence electrons. The number of aromatic nitrogens is 4. The number of halogens is 3. The van der Waals surface area contributed by atoms with Gasteiger partial charge in [0.15, 0.2) is 0 Å². The average Bonchev–Trinajstić information content (AvgIpc) is 2.96. The zero-order valence-electron chi connectivity index (χ0n) is 15.0. The summed E-state index contributed by atoms with van der Waals surface area (Å²) in [4.78, 5) is 7.68. The lowest BCUT2D eigenvalue weighted by molar-refractivity contribution is -0.137. The molecule has 0 aliphatic heterocycles. The second kappa shape index (κ2) is 6.69. The molecule has 2 heterocycles. The van der Waals surface area contributed by atoms with Gasteiger partial charge in [-0.1, -0.05) is 6.07 Å². The highest BCUT2D eigenvalue weighted by Gasteiger charge is 2.35. The fourth-order valence-corrected chi connectivity index (χ4v) is 2.67. The van der Waals surface area contributed by atoms with E-state index in [1.807, 2.05) is 6.07 Å². The lowest BCUT2D eigenvalue weighted by Gasteiger charge is -2.17. The Morgan fingerprint density at radius 2 is 1.93 bits per heavy atom. The zero-order valence-corrected chi connectivity index (χ0v) is 15.0. The van der Waals surface area contributed by atoms with Crippen LogP contribution in [0.15, 0.2) is 30.6 Å². The maximum absolute atomic E-state index is 13.0. The van der Waals surface area contributed by atoms with Crippen LogP contribution in [0.2, 0.25) is 0 Å². The highest BCUT2D eigenvalue weighted by molar-refractivity contribution is 5.92. The molecule has 0 atom stereocenters. The van der Waals surface area contributed by atoms with Crippen LogP contribution < -0.4 is 10.6 Å². The Balaban J connectivity index is 1.96. The monoisotopic (exact) mass is 380 g/mol. The van der Waals surface area contributed by atoms with Crippen molar-refractivity contribution in [3.8, 4) is 0 Å². The molecule has 0 aliphatic carbocycles. The minimum Gasteiger partial charge on any atom is -0.389 e. The standard InChI is InChI=1S/C17H19F3N6O/c1-16(2,27)9-26-13-6-4-5-12(10(13)7-23-26)24-15-22-8-11(17(18,19)20)14(21-3)25-15/h4-8,27H,9H2,1-3H3,(H2,21,22,24,25). The van der Waals surface area contributed by atoms with Gasteiger partial charge in [-0.05, 0) is 26.0 Å². The van der Waals surface area contributed by atoms with Crippen molar-refractivity contribution < 1.29 is 18.3 Å². The number of benzene rings is 1. The Bertz CT molecular complexity index is 961. The molecule has 1 aromatic carbocycles. The molecule has 3 N–H and O–H groups in total. The highest BCUT2D eigenvalue weighted by atomic mass is 19.4. The summed E-state index contributed by atoms with van der Waals surface area (Å²) in [6, 6.07) is 5.36. The van der Waals surface area contributed by atoms with Gasteiger partial charge >= 0.3 is 6.18 Å². The van der Waals surface area contributed by atoms with Crippen LogP contribution in [0.4, 0.5) is 30.6 Å². The van der Waals surface area contributed by atoms with Crippen molar-refractivity contribution in [2.24, 2.45) is 0 Å². The summed E-state index contributed by atoms with van der Waals surface area (Å²) in [5.74, 6) is -0.292. The van der Waals surface area contributed by atoms with Gasteiger partial charge in [0.05, 0.1) is 29.5 Å². The number of fused-ring (bicyclic) bond motifs is 1. The van der Waals surface area contributed by atoms with E-state index in [2.05, 4.69) is 25.7 Å². The van der Waals surface area contributed by atoms with Gasteiger partial charge in [-0.25, -0.2) is 4.98 Å². The molecule has 0 radical (unpaired) electrons. The molecule has 3 aromatic rings. The minimum atomic E-state index is -4.55. The van der Waals surface area contributed by atoms with Gasteiger partial charge in [0.25, 0.3) is 0 Å². The molecule has 10 heteroatoms. The van der Waals surface area contributed by atoms with Crippen LogP contribution in [0.25, 0.3) is 10.9 Å². The number of nitrogens with one attached hydrogen (secondary N) is 2. The molecule has 0 saturated heterocycles. The Kier molecular flexibility index (Phi) is 4.68. The molecule has 0 aliphatic rings. The van der Waals surface area contributed by atoms with Crippen molar-refractivity contribution in [3.05, 3.63) is 36.2 Å². The molecular weight excluding hydrogens is 361 g/mol. The predicted molar refractivity (Wildman–Crippen MR) is 95.9 cm³/mol. The first-order valence-corrected chi connectivity index (χ1v) is 8.14. The zero-order chi connectivity index (χ0) is 19.8. The molecule has 0 unspecified atom stereocenters. The van der Waals surface area contributed by atoms with E-state index in [9.17, 15) is 18.3 Å². The van der Waals surface area contributed by atoms with Gasteiger partial charge in [-0.15, -0.1) is 0 Å². The van der Waals surface area contributed by atoms with Crippen molar-refractivity contribution in [1.82, 2.24) is 19.7 Å². The Hall–Kier alpha value is -2.88. The van der Waals surface area contributed by atoms with E-state index in [1.165, 1.54) is 7.05 Å². The summed E-state index contributed by atoms with van der Waals surface area (Å²) in [7, 11) is 1.36. The van der Waals surface area contributed by atoms with Crippen LogP contribution >= 0.6 is 0 Å². The third-order valence-electron chi connectivity index (χ3n) is 3.80. The van der Waals surface area contributed by atoms with Crippen LogP contribution in [0.5, 0.6) is 0 Å². The Labute approximate surface area is 153 Å². The highest BCUT2D eigenvalue weighted by Crippen LogP contribution is 2.34. The van der Waals surface area contributed by atoms with E-state index >= 15 is 0 Å². The number of aliphatic hydroxyl groups is 1. The fourth-order valence-electron chi connectivity index (χ4n) is 2.67. The third kappa shape index (κ3) is 4.11. The second-order valence-electron chi connectivity index (χ2n) is 6.68. The van der Waals surface area contributed by atoms with Gasteiger partial charge < -0.3 is 15.7 Å². The lowest BCUT2D eigenvalue weighted by Crippen LogP contribution is -2.26. The van der Waals surface area contributed by atoms with Crippen LogP contribution in [0, 0.1) is 0 Å². The maximum Gasteiger partial charge on any atom is 0.421 e. The van der Waals surface area contributed by atoms with Crippen molar-refractivity contribution in [1.29, 1.82) is 0 Å².